The molecule has 8 heteroatoms. The molecule has 2 aromatic heterocycles. The first-order chi connectivity index (χ1) is 14.3. The van der Waals surface area contributed by atoms with E-state index in [1.807, 2.05) is 18.2 Å². The largest absolute Gasteiger partial charge is 0.369 e. The number of hydrogen-bond acceptors (Lipinski definition) is 6. The second-order valence-electron chi connectivity index (χ2n) is 7.73. The van der Waals surface area contributed by atoms with E-state index in [1.54, 1.807) is 24.3 Å². The van der Waals surface area contributed by atoms with Gasteiger partial charge in [-0.25, -0.2) is 9.37 Å². The molecule has 7 nitrogen and oxygen atoms in total. The maximum atomic E-state index is 13.2. The topological polar surface area (TPSA) is 110 Å². The molecule has 0 aliphatic carbocycles. The summed E-state index contributed by atoms with van der Waals surface area (Å²) >= 11 is 0. The molecule has 0 amide bonds. The number of aromatic nitrogens is 4. The summed E-state index contributed by atoms with van der Waals surface area (Å²) in [5.41, 5.74) is 8.00. The van der Waals surface area contributed by atoms with Crippen molar-refractivity contribution in [3.63, 3.8) is 0 Å². The van der Waals surface area contributed by atoms with E-state index in [2.05, 4.69) is 39.3 Å². The molecule has 2 aromatic carbocycles. The van der Waals surface area contributed by atoms with Crippen molar-refractivity contribution >= 4 is 22.7 Å². The van der Waals surface area contributed by atoms with Crippen LogP contribution in [0.5, 0.6) is 0 Å². The summed E-state index contributed by atoms with van der Waals surface area (Å²) in [7, 11) is 0. The Balaban J connectivity index is 1.51. The van der Waals surface area contributed by atoms with Gasteiger partial charge in [-0.05, 0) is 42.0 Å². The monoisotopic (exact) mass is 404 g/mol. The van der Waals surface area contributed by atoms with Gasteiger partial charge in [-0.3, -0.25) is 9.78 Å². The van der Waals surface area contributed by atoms with Gasteiger partial charge in [-0.15, -0.1) is 10.2 Å². The lowest BCUT2D eigenvalue weighted by Crippen LogP contribution is -2.28. The second kappa shape index (κ2) is 7.55. The minimum atomic E-state index is -0.298. The molecule has 4 rings (SSSR count). The molecule has 0 saturated heterocycles. The molecule has 0 bridgehead atoms. The predicted molar refractivity (Wildman–Crippen MR) is 116 cm³/mol. The first kappa shape index (κ1) is 19.5. The highest BCUT2D eigenvalue weighted by atomic mass is 19.1. The Morgan fingerprint density at radius 2 is 1.83 bits per heavy atom. The number of anilines is 2. The van der Waals surface area contributed by atoms with Gasteiger partial charge in [0.05, 0.1) is 16.6 Å². The van der Waals surface area contributed by atoms with Crippen LogP contribution in [-0.4, -0.2) is 26.7 Å². The minimum Gasteiger partial charge on any atom is -0.369 e. The van der Waals surface area contributed by atoms with Gasteiger partial charge < -0.3 is 11.1 Å². The van der Waals surface area contributed by atoms with Crippen LogP contribution in [0.2, 0.25) is 0 Å². The number of halogens is 1. The molecule has 152 valence electrons. The van der Waals surface area contributed by atoms with Crippen LogP contribution in [0.15, 0.2) is 59.4 Å². The molecule has 0 fully saturated rings. The highest BCUT2D eigenvalue weighted by Gasteiger charge is 2.20. The van der Waals surface area contributed by atoms with Gasteiger partial charge in [0, 0.05) is 17.5 Å². The molecule has 0 spiro atoms. The molecule has 30 heavy (non-hydrogen) atoms. The van der Waals surface area contributed by atoms with E-state index in [9.17, 15) is 9.18 Å². The summed E-state index contributed by atoms with van der Waals surface area (Å²) in [5.74, 6) is 0.458. The number of aromatic amines is 1. The van der Waals surface area contributed by atoms with Crippen molar-refractivity contribution in [1.29, 1.82) is 0 Å². The number of nitrogens with two attached hydrogens (primary N) is 1. The number of nitrogens with zero attached hydrogens (tertiary/aromatic N) is 3. The quantitative estimate of drug-likeness (QED) is 0.470. The van der Waals surface area contributed by atoms with E-state index in [-0.39, 0.29) is 22.7 Å². The number of nitrogens with one attached hydrogen (secondary N) is 2. The smallest absolute Gasteiger partial charge is 0.260 e. The first-order valence-corrected chi connectivity index (χ1v) is 9.45. The van der Waals surface area contributed by atoms with Crippen molar-refractivity contribution in [3.05, 3.63) is 76.3 Å². The number of hydrogen-bond donors (Lipinski definition) is 3. The van der Waals surface area contributed by atoms with Crippen molar-refractivity contribution in [2.24, 2.45) is 0 Å². The van der Waals surface area contributed by atoms with Crippen molar-refractivity contribution < 1.29 is 4.39 Å². The Bertz CT molecular complexity index is 1250. The number of nitrogen functional groups attached to an aromatic ring is 1. The highest BCUT2D eigenvalue weighted by Crippen LogP contribution is 2.25. The van der Waals surface area contributed by atoms with Gasteiger partial charge in [-0.2, -0.15) is 0 Å². The summed E-state index contributed by atoms with van der Waals surface area (Å²) in [6.45, 7) is 4.75. The third-order valence-corrected chi connectivity index (χ3v) is 5.02. The lowest BCUT2D eigenvalue weighted by Gasteiger charge is -2.25. The maximum absolute atomic E-state index is 13.2. The average Bonchev–Trinajstić information content (AvgIpc) is 2.73. The lowest BCUT2D eigenvalue weighted by molar-refractivity contribution is 0.552. The first-order valence-electron chi connectivity index (χ1n) is 9.45. The van der Waals surface area contributed by atoms with Crippen LogP contribution >= 0.6 is 0 Å². The fourth-order valence-electron chi connectivity index (χ4n) is 3.21. The van der Waals surface area contributed by atoms with Crippen LogP contribution in [0.3, 0.4) is 0 Å². The normalized spacial score (nSPS) is 11.6. The zero-order valence-corrected chi connectivity index (χ0v) is 16.6. The number of fused-ring (bicyclic) bond motifs is 1. The third kappa shape index (κ3) is 3.98. The second-order valence-corrected chi connectivity index (χ2v) is 7.73. The average molecular weight is 404 g/mol. The summed E-state index contributed by atoms with van der Waals surface area (Å²) < 4.78 is 13.2. The van der Waals surface area contributed by atoms with Gasteiger partial charge in [-0.1, -0.05) is 32.0 Å². The fraction of sp³-hybridized carbons (Fsp3) is 0.182. The molecular formula is C22H21FN6O. The minimum absolute atomic E-state index is 0.0824. The van der Waals surface area contributed by atoms with E-state index < -0.39 is 0 Å². The van der Waals surface area contributed by atoms with Gasteiger partial charge in [0.1, 0.15) is 11.6 Å². The van der Waals surface area contributed by atoms with Crippen LogP contribution in [0.1, 0.15) is 19.4 Å². The molecule has 0 atom stereocenters. The standard InChI is InChI=1S/C22H21FN6O/c1-22(2,14-4-6-15(23)7-5-14)12-25-19-10-9-17(28-29-19)13-3-8-18-16(11-13)20(30)27-21(24)26-18/h3-11H,12H2,1-2H3,(H,25,29)(H3,24,26,27,30). The number of rotatable bonds is 5. The fourth-order valence-corrected chi connectivity index (χ4v) is 3.21. The molecule has 0 saturated carbocycles. The van der Waals surface area contributed by atoms with E-state index in [0.717, 1.165) is 11.1 Å². The maximum Gasteiger partial charge on any atom is 0.260 e. The van der Waals surface area contributed by atoms with E-state index >= 15 is 0 Å². The zero-order chi connectivity index (χ0) is 21.3. The van der Waals surface area contributed by atoms with E-state index in [1.165, 1.54) is 12.1 Å². The Hall–Kier alpha value is -3.81. The molecular weight excluding hydrogens is 383 g/mol. The van der Waals surface area contributed by atoms with Crippen LogP contribution in [0.4, 0.5) is 16.2 Å². The SMILES string of the molecule is CC(C)(CNc1ccc(-c2ccc3nc(N)[nH]c(=O)c3c2)nn1)c1ccc(F)cc1. The number of H-pyrrole nitrogens is 1. The van der Waals surface area contributed by atoms with Gasteiger partial charge in [0.25, 0.3) is 5.56 Å². The summed E-state index contributed by atoms with van der Waals surface area (Å²) in [6, 6.07) is 15.4. The van der Waals surface area contributed by atoms with Gasteiger partial charge >= 0.3 is 0 Å². The lowest BCUT2D eigenvalue weighted by atomic mass is 9.84. The molecule has 0 radical (unpaired) electrons. The van der Waals surface area contributed by atoms with Crippen molar-refractivity contribution in [1.82, 2.24) is 20.2 Å². The Morgan fingerprint density at radius 3 is 2.53 bits per heavy atom. The predicted octanol–water partition coefficient (Wildman–Crippen LogP) is 3.49. The van der Waals surface area contributed by atoms with E-state index in [0.29, 0.717) is 29.0 Å². The molecule has 4 N–H and O–H groups in total. The Morgan fingerprint density at radius 1 is 1.07 bits per heavy atom. The van der Waals surface area contributed by atoms with Gasteiger partial charge in [0.15, 0.2) is 0 Å². The van der Waals surface area contributed by atoms with Crippen LogP contribution in [0.25, 0.3) is 22.2 Å². The summed E-state index contributed by atoms with van der Waals surface area (Å²) in [5, 5.41) is 12.2. The Labute approximate surface area is 172 Å². The van der Waals surface area contributed by atoms with Crippen molar-refractivity contribution in [3.8, 4) is 11.3 Å². The molecule has 2 heterocycles. The van der Waals surface area contributed by atoms with E-state index in [4.69, 9.17) is 5.73 Å². The van der Waals surface area contributed by atoms with Crippen LogP contribution in [-0.2, 0) is 5.41 Å². The molecule has 4 aromatic rings. The third-order valence-electron chi connectivity index (χ3n) is 5.02. The number of benzene rings is 2. The molecule has 0 aliphatic rings. The van der Waals surface area contributed by atoms with Crippen molar-refractivity contribution in [2.45, 2.75) is 19.3 Å². The molecule has 0 unspecified atom stereocenters. The van der Waals surface area contributed by atoms with Crippen LogP contribution in [0, 0.1) is 5.82 Å². The zero-order valence-electron chi connectivity index (χ0n) is 16.6. The molecule has 0 aliphatic heterocycles. The van der Waals surface area contributed by atoms with Gasteiger partial charge in [0.2, 0.25) is 5.95 Å². The summed E-state index contributed by atoms with van der Waals surface area (Å²) in [6.07, 6.45) is 0. The van der Waals surface area contributed by atoms with Crippen molar-refractivity contribution in [2.75, 3.05) is 17.6 Å². The highest BCUT2D eigenvalue weighted by molar-refractivity contribution is 5.83. The Kier molecular flexibility index (Phi) is 4.91. The summed E-state index contributed by atoms with van der Waals surface area (Å²) in [4.78, 5) is 18.7. The van der Waals surface area contributed by atoms with Crippen LogP contribution < -0.4 is 16.6 Å².